The van der Waals surface area contributed by atoms with Gasteiger partial charge in [-0.3, -0.25) is 0 Å². The lowest BCUT2D eigenvalue weighted by atomic mass is 10.0. The molecule has 94 valence electrons. The predicted molar refractivity (Wildman–Crippen MR) is 74.3 cm³/mol. The Morgan fingerprint density at radius 1 is 1.12 bits per heavy atom. The van der Waals surface area contributed by atoms with E-state index in [0.717, 1.165) is 12.5 Å². The Bertz CT molecular complexity index is 328. The molecule has 1 aromatic rings. The van der Waals surface area contributed by atoms with Gasteiger partial charge in [-0.1, -0.05) is 50.5 Å². The summed E-state index contributed by atoms with van der Waals surface area (Å²) in [4.78, 5) is 0. The third kappa shape index (κ3) is 4.16. The summed E-state index contributed by atoms with van der Waals surface area (Å²) in [7, 11) is 0. The molecule has 0 saturated heterocycles. The van der Waals surface area contributed by atoms with Crippen molar-refractivity contribution in [3.05, 3.63) is 35.4 Å². The molecule has 1 fully saturated rings. The van der Waals surface area contributed by atoms with Gasteiger partial charge in [0.1, 0.15) is 0 Å². The highest BCUT2D eigenvalue weighted by Crippen LogP contribution is 2.41. The van der Waals surface area contributed by atoms with Crippen molar-refractivity contribution in [2.75, 3.05) is 6.54 Å². The van der Waals surface area contributed by atoms with Crippen LogP contribution in [0.25, 0.3) is 0 Å². The first-order chi connectivity index (χ1) is 8.42. The number of unbranched alkanes of at least 4 members (excludes halogenated alkanes) is 3. The fourth-order valence-corrected chi connectivity index (χ4v) is 2.39. The smallest absolute Gasteiger partial charge is 0.0208 e. The van der Waals surface area contributed by atoms with Crippen LogP contribution < -0.4 is 5.32 Å². The molecular weight excluding hydrogens is 206 g/mol. The Labute approximate surface area is 106 Å². The molecule has 0 unspecified atom stereocenters. The molecule has 0 aromatic heterocycles. The van der Waals surface area contributed by atoms with Crippen LogP contribution >= 0.6 is 0 Å². The lowest BCUT2D eigenvalue weighted by Gasteiger charge is -2.09. The van der Waals surface area contributed by atoms with E-state index in [2.05, 4.69) is 36.5 Å². The van der Waals surface area contributed by atoms with Crippen LogP contribution in [0, 0.1) is 0 Å². The first-order valence-corrected chi connectivity index (χ1v) is 7.20. The van der Waals surface area contributed by atoms with Crippen molar-refractivity contribution in [1.82, 2.24) is 5.32 Å². The van der Waals surface area contributed by atoms with E-state index in [1.165, 1.54) is 50.6 Å². The van der Waals surface area contributed by atoms with Crippen molar-refractivity contribution in [1.29, 1.82) is 0 Å². The summed E-state index contributed by atoms with van der Waals surface area (Å²) in [6.07, 6.45) is 8.18. The zero-order chi connectivity index (χ0) is 11.9. The molecule has 0 amide bonds. The third-order valence-electron chi connectivity index (χ3n) is 3.59. The molecule has 1 nitrogen and oxygen atoms in total. The largest absolute Gasteiger partial charge is 0.313 e. The van der Waals surface area contributed by atoms with Crippen LogP contribution in [0.4, 0.5) is 0 Å². The van der Waals surface area contributed by atoms with E-state index in [1.807, 2.05) is 0 Å². The van der Waals surface area contributed by atoms with Crippen LogP contribution in [0.15, 0.2) is 24.3 Å². The molecule has 17 heavy (non-hydrogen) atoms. The summed E-state index contributed by atoms with van der Waals surface area (Å²) in [6, 6.07) is 8.94. The second-order valence-corrected chi connectivity index (χ2v) is 5.21. The van der Waals surface area contributed by atoms with Gasteiger partial charge in [-0.25, -0.2) is 0 Å². The first kappa shape index (κ1) is 12.6. The molecule has 1 heteroatoms. The summed E-state index contributed by atoms with van der Waals surface area (Å²) < 4.78 is 0. The average molecular weight is 231 g/mol. The Morgan fingerprint density at radius 3 is 2.71 bits per heavy atom. The molecular formula is C16H25N. The fourth-order valence-electron chi connectivity index (χ4n) is 2.39. The summed E-state index contributed by atoms with van der Waals surface area (Å²) in [5, 5.41) is 3.58. The van der Waals surface area contributed by atoms with Gasteiger partial charge in [0.15, 0.2) is 0 Å². The number of benzene rings is 1. The van der Waals surface area contributed by atoms with Crippen molar-refractivity contribution in [3.63, 3.8) is 0 Å². The van der Waals surface area contributed by atoms with Crippen LogP contribution in [-0.4, -0.2) is 6.54 Å². The molecule has 2 rings (SSSR count). The Kier molecular flexibility index (Phi) is 5.06. The second kappa shape index (κ2) is 6.80. The van der Waals surface area contributed by atoms with Crippen molar-refractivity contribution >= 4 is 0 Å². The Morgan fingerprint density at radius 2 is 1.94 bits per heavy atom. The van der Waals surface area contributed by atoms with Gasteiger partial charge in [-0.2, -0.15) is 0 Å². The highest BCUT2D eigenvalue weighted by atomic mass is 14.8. The van der Waals surface area contributed by atoms with Gasteiger partial charge in [-0.05, 0) is 42.9 Å². The van der Waals surface area contributed by atoms with Crippen LogP contribution in [0.1, 0.15) is 62.5 Å². The van der Waals surface area contributed by atoms with Crippen LogP contribution in [0.2, 0.25) is 0 Å². The van der Waals surface area contributed by atoms with Gasteiger partial charge in [0.05, 0.1) is 0 Å². The molecule has 1 aliphatic rings. The van der Waals surface area contributed by atoms with Gasteiger partial charge in [-0.15, -0.1) is 0 Å². The first-order valence-electron chi connectivity index (χ1n) is 7.20. The highest BCUT2D eigenvalue weighted by Gasteiger charge is 2.25. The van der Waals surface area contributed by atoms with Gasteiger partial charge in [0.2, 0.25) is 0 Å². The van der Waals surface area contributed by atoms with E-state index in [4.69, 9.17) is 0 Å². The number of rotatable bonds is 8. The number of hydrogen-bond donors (Lipinski definition) is 1. The maximum absolute atomic E-state index is 3.58. The van der Waals surface area contributed by atoms with Crippen LogP contribution in [0.3, 0.4) is 0 Å². The molecule has 0 bridgehead atoms. The maximum atomic E-state index is 3.58. The minimum absolute atomic E-state index is 0.869. The van der Waals surface area contributed by atoms with E-state index in [1.54, 1.807) is 5.56 Å². The van der Waals surface area contributed by atoms with Gasteiger partial charge in [0, 0.05) is 6.54 Å². The molecule has 0 spiro atoms. The number of hydrogen-bond acceptors (Lipinski definition) is 1. The standard InChI is InChI=1S/C16H25N/c1-2-3-4-7-12-17-13-15-8-5-6-9-16(15)14-10-11-14/h5-6,8-9,14,17H,2-4,7,10-13H2,1H3. The summed E-state index contributed by atoms with van der Waals surface area (Å²) in [5.74, 6) is 0.869. The molecule has 1 aromatic carbocycles. The maximum Gasteiger partial charge on any atom is 0.0208 e. The summed E-state index contributed by atoms with van der Waals surface area (Å²) >= 11 is 0. The lowest BCUT2D eigenvalue weighted by Crippen LogP contribution is -2.15. The minimum Gasteiger partial charge on any atom is -0.313 e. The van der Waals surface area contributed by atoms with Crippen molar-refractivity contribution in [2.24, 2.45) is 0 Å². The van der Waals surface area contributed by atoms with E-state index >= 15 is 0 Å². The SMILES string of the molecule is CCCCCCNCc1ccccc1C1CC1. The Hall–Kier alpha value is -0.820. The fraction of sp³-hybridized carbons (Fsp3) is 0.625. The summed E-state index contributed by atoms with van der Waals surface area (Å²) in [5.41, 5.74) is 3.11. The van der Waals surface area contributed by atoms with E-state index in [0.29, 0.717) is 0 Å². The van der Waals surface area contributed by atoms with Gasteiger partial charge in [0.25, 0.3) is 0 Å². The molecule has 0 aliphatic heterocycles. The normalized spacial score (nSPS) is 15.1. The second-order valence-electron chi connectivity index (χ2n) is 5.21. The van der Waals surface area contributed by atoms with Crippen molar-refractivity contribution < 1.29 is 0 Å². The molecule has 0 atom stereocenters. The minimum atomic E-state index is 0.869. The monoisotopic (exact) mass is 231 g/mol. The quantitative estimate of drug-likeness (QED) is 0.660. The van der Waals surface area contributed by atoms with Crippen molar-refractivity contribution in [3.8, 4) is 0 Å². The lowest BCUT2D eigenvalue weighted by molar-refractivity contribution is 0.596. The summed E-state index contributed by atoms with van der Waals surface area (Å²) in [6.45, 7) is 4.48. The van der Waals surface area contributed by atoms with E-state index in [-0.39, 0.29) is 0 Å². The molecule has 1 saturated carbocycles. The van der Waals surface area contributed by atoms with Crippen LogP contribution in [0.5, 0.6) is 0 Å². The molecule has 0 heterocycles. The van der Waals surface area contributed by atoms with E-state index in [9.17, 15) is 0 Å². The van der Waals surface area contributed by atoms with E-state index < -0.39 is 0 Å². The molecule has 1 N–H and O–H groups in total. The van der Waals surface area contributed by atoms with Crippen LogP contribution in [-0.2, 0) is 6.54 Å². The molecule has 0 radical (unpaired) electrons. The average Bonchev–Trinajstić information content (AvgIpc) is 3.18. The Balaban J connectivity index is 1.71. The van der Waals surface area contributed by atoms with Crippen molar-refractivity contribution in [2.45, 2.75) is 57.9 Å². The number of nitrogens with one attached hydrogen (secondary N) is 1. The zero-order valence-electron chi connectivity index (χ0n) is 11.0. The van der Waals surface area contributed by atoms with Gasteiger partial charge < -0.3 is 5.32 Å². The third-order valence-corrected chi connectivity index (χ3v) is 3.59. The molecule has 1 aliphatic carbocycles. The zero-order valence-corrected chi connectivity index (χ0v) is 11.0. The van der Waals surface area contributed by atoms with Gasteiger partial charge >= 0.3 is 0 Å². The predicted octanol–water partition coefficient (Wildman–Crippen LogP) is 4.23. The highest BCUT2D eigenvalue weighted by molar-refractivity contribution is 5.33. The topological polar surface area (TPSA) is 12.0 Å².